The minimum atomic E-state index is -0.510. The Kier molecular flexibility index (Phi) is 3.93. The number of carbonyl (C=O) groups excluding carboxylic acids is 1. The Morgan fingerprint density at radius 1 is 1.61 bits per heavy atom. The number of nitrogens with one attached hydrogen (secondary N) is 1. The van der Waals surface area contributed by atoms with Crippen molar-refractivity contribution >= 4 is 11.7 Å². The smallest absolute Gasteiger partial charge is 0.293 e. The molecule has 1 aromatic rings. The minimum absolute atomic E-state index is 0.115. The molecule has 1 aromatic heterocycles. The molecule has 1 fully saturated rings. The summed E-state index contributed by atoms with van der Waals surface area (Å²) in [5, 5.41) is 2.89. The van der Waals surface area contributed by atoms with Gasteiger partial charge < -0.3 is 20.4 Å². The van der Waals surface area contributed by atoms with Crippen molar-refractivity contribution in [1.82, 2.24) is 9.55 Å². The minimum Gasteiger partial charge on any atom is -0.370 e. The molecule has 3 N–H and O–H groups in total. The van der Waals surface area contributed by atoms with Crippen molar-refractivity contribution in [1.29, 1.82) is 0 Å². The summed E-state index contributed by atoms with van der Waals surface area (Å²) in [5.74, 6) is -0.198. The zero-order valence-corrected chi connectivity index (χ0v) is 9.96. The summed E-state index contributed by atoms with van der Waals surface area (Å²) in [6, 6.07) is 0.326. The van der Waals surface area contributed by atoms with Gasteiger partial charge in [-0.15, -0.1) is 0 Å². The van der Waals surface area contributed by atoms with Crippen LogP contribution in [0.2, 0.25) is 0 Å². The Morgan fingerprint density at radius 2 is 2.39 bits per heavy atom. The van der Waals surface area contributed by atoms with Crippen molar-refractivity contribution in [2.75, 3.05) is 25.1 Å². The number of carbonyl (C=O) groups is 1. The highest BCUT2D eigenvalue weighted by molar-refractivity contribution is 5.74. The van der Waals surface area contributed by atoms with Gasteiger partial charge in [0.2, 0.25) is 5.91 Å². The summed E-state index contributed by atoms with van der Waals surface area (Å²) in [4.78, 5) is 26.4. The first-order valence-electron chi connectivity index (χ1n) is 5.85. The standard InChI is InChI=1S/C11H16N4O3/c12-9(16)7-18-6-4-14-10-11(17)15(5-3-13-10)8-1-2-8/h3,5,8H,1-2,4,6-7H2,(H2,12,16)(H,13,14). The molecule has 18 heavy (non-hydrogen) atoms. The molecule has 1 aliphatic rings. The maximum Gasteiger partial charge on any atom is 0.293 e. The third kappa shape index (κ3) is 3.30. The van der Waals surface area contributed by atoms with Gasteiger partial charge >= 0.3 is 0 Å². The van der Waals surface area contributed by atoms with Crippen LogP contribution in [0.25, 0.3) is 0 Å². The molecule has 0 spiro atoms. The molecule has 7 heteroatoms. The lowest BCUT2D eigenvalue weighted by Crippen LogP contribution is -2.26. The highest BCUT2D eigenvalue weighted by Crippen LogP contribution is 2.33. The second-order valence-corrected chi connectivity index (χ2v) is 4.17. The maximum atomic E-state index is 11.9. The molecule has 7 nitrogen and oxygen atoms in total. The van der Waals surface area contributed by atoms with E-state index in [-0.39, 0.29) is 12.2 Å². The number of nitrogens with zero attached hydrogens (tertiary/aromatic N) is 2. The molecule has 0 aliphatic heterocycles. The number of nitrogens with two attached hydrogens (primary N) is 1. The van der Waals surface area contributed by atoms with Crippen LogP contribution in [0.15, 0.2) is 17.2 Å². The van der Waals surface area contributed by atoms with Crippen molar-refractivity contribution in [3.05, 3.63) is 22.7 Å². The first-order valence-corrected chi connectivity index (χ1v) is 5.85. The van der Waals surface area contributed by atoms with E-state index in [2.05, 4.69) is 10.3 Å². The Morgan fingerprint density at radius 3 is 3.06 bits per heavy atom. The van der Waals surface area contributed by atoms with Gasteiger partial charge in [0, 0.05) is 25.0 Å². The van der Waals surface area contributed by atoms with Gasteiger partial charge in [-0.2, -0.15) is 0 Å². The fraction of sp³-hybridized carbons (Fsp3) is 0.545. The molecule has 0 unspecified atom stereocenters. The van der Waals surface area contributed by atoms with Crippen LogP contribution >= 0.6 is 0 Å². The van der Waals surface area contributed by atoms with Gasteiger partial charge in [0.05, 0.1) is 6.61 Å². The quantitative estimate of drug-likeness (QED) is 0.637. The number of aromatic nitrogens is 2. The average molecular weight is 252 g/mol. The van der Waals surface area contributed by atoms with Gasteiger partial charge in [0.1, 0.15) is 6.61 Å². The second kappa shape index (κ2) is 5.63. The summed E-state index contributed by atoms with van der Waals surface area (Å²) >= 11 is 0. The van der Waals surface area contributed by atoms with Crippen molar-refractivity contribution in [2.45, 2.75) is 18.9 Å². The lowest BCUT2D eigenvalue weighted by Gasteiger charge is -2.08. The predicted octanol–water partition coefficient (Wildman–Crippen LogP) is -0.508. The second-order valence-electron chi connectivity index (χ2n) is 4.17. The average Bonchev–Trinajstić information content (AvgIpc) is 3.14. The molecule has 0 atom stereocenters. The normalized spacial score (nSPS) is 14.4. The number of amides is 1. The van der Waals surface area contributed by atoms with E-state index in [1.165, 1.54) is 0 Å². The molecule has 1 aliphatic carbocycles. The molecule has 0 saturated heterocycles. The van der Waals surface area contributed by atoms with E-state index in [1.807, 2.05) is 0 Å². The lowest BCUT2D eigenvalue weighted by molar-refractivity contribution is -0.122. The van der Waals surface area contributed by atoms with Crippen LogP contribution in [0.1, 0.15) is 18.9 Å². The molecular formula is C11H16N4O3. The van der Waals surface area contributed by atoms with Crippen LogP contribution < -0.4 is 16.6 Å². The molecule has 1 heterocycles. The summed E-state index contributed by atoms with van der Waals surface area (Å²) < 4.78 is 6.67. The van der Waals surface area contributed by atoms with Crippen LogP contribution in [0, 0.1) is 0 Å². The van der Waals surface area contributed by atoms with Gasteiger partial charge in [-0.05, 0) is 12.8 Å². The first kappa shape index (κ1) is 12.6. The number of anilines is 1. The molecule has 1 saturated carbocycles. The monoisotopic (exact) mass is 252 g/mol. The molecule has 98 valence electrons. The zero-order chi connectivity index (χ0) is 13.0. The number of ether oxygens (including phenoxy) is 1. The Bertz CT molecular complexity index is 481. The van der Waals surface area contributed by atoms with Gasteiger partial charge in [0.15, 0.2) is 5.82 Å². The Balaban J connectivity index is 1.84. The molecule has 0 aromatic carbocycles. The zero-order valence-electron chi connectivity index (χ0n) is 9.96. The third-order valence-electron chi connectivity index (χ3n) is 2.59. The fourth-order valence-electron chi connectivity index (χ4n) is 1.60. The van der Waals surface area contributed by atoms with E-state index in [0.717, 1.165) is 12.8 Å². The predicted molar refractivity (Wildman–Crippen MR) is 65.3 cm³/mol. The fourth-order valence-corrected chi connectivity index (χ4v) is 1.60. The Labute approximate surface area is 104 Å². The Hall–Kier alpha value is -1.89. The van der Waals surface area contributed by atoms with E-state index >= 15 is 0 Å². The van der Waals surface area contributed by atoms with E-state index in [1.54, 1.807) is 17.0 Å². The van der Waals surface area contributed by atoms with Crippen molar-refractivity contribution < 1.29 is 9.53 Å². The van der Waals surface area contributed by atoms with Gasteiger partial charge in [0.25, 0.3) is 5.56 Å². The van der Waals surface area contributed by atoms with Crippen LogP contribution in [0.3, 0.4) is 0 Å². The van der Waals surface area contributed by atoms with E-state index in [0.29, 0.717) is 25.0 Å². The maximum absolute atomic E-state index is 11.9. The number of primary amides is 1. The molecule has 0 bridgehead atoms. The largest absolute Gasteiger partial charge is 0.370 e. The first-order chi connectivity index (χ1) is 8.68. The summed E-state index contributed by atoms with van der Waals surface area (Å²) in [6.45, 7) is 0.586. The lowest BCUT2D eigenvalue weighted by atomic mass is 10.5. The van der Waals surface area contributed by atoms with E-state index < -0.39 is 5.91 Å². The number of hydrogen-bond donors (Lipinski definition) is 2. The highest BCUT2D eigenvalue weighted by atomic mass is 16.5. The molecular weight excluding hydrogens is 236 g/mol. The van der Waals surface area contributed by atoms with Crippen LogP contribution in [0.4, 0.5) is 5.82 Å². The number of hydrogen-bond acceptors (Lipinski definition) is 5. The summed E-state index contributed by atoms with van der Waals surface area (Å²) in [6.07, 6.45) is 5.40. The summed E-state index contributed by atoms with van der Waals surface area (Å²) in [5.41, 5.74) is 4.80. The van der Waals surface area contributed by atoms with Gasteiger partial charge in [-0.3, -0.25) is 9.59 Å². The van der Waals surface area contributed by atoms with Crippen LogP contribution in [0.5, 0.6) is 0 Å². The molecule has 0 radical (unpaired) electrons. The topological polar surface area (TPSA) is 99.2 Å². The summed E-state index contributed by atoms with van der Waals surface area (Å²) in [7, 11) is 0. The molecule has 1 amide bonds. The van der Waals surface area contributed by atoms with Crippen molar-refractivity contribution in [3.63, 3.8) is 0 Å². The van der Waals surface area contributed by atoms with Crippen LogP contribution in [-0.2, 0) is 9.53 Å². The number of rotatable bonds is 7. The van der Waals surface area contributed by atoms with E-state index in [4.69, 9.17) is 10.5 Å². The van der Waals surface area contributed by atoms with Crippen LogP contribution in [-0.4, -0.2) is 35.2 Å². The van der Waals surface area contributed by atoms with Gasteiger partial charge in [-0.1, -0.05) is 0 Å². The highest BCUT2D eigenvalue weighted by Gasteiger charge is 2.25. The van der Waals surface area contributed by atoms with Crippen molar-refractivity contribution in [3.8, 4) is 0 Å². The van der Waals surface area contributed by atoms with Crippen molar-refractivity contribution in [2.24, 2.45) is 5.73 Å². The molecule has 2 rings (SSSR count). The van der Waals surface area contributed by atoms with E-state index in [9.17, 15) is 9.59 Å². The third-order valence-corrected chi connectivity index (χ3v) is 2.59. The SMILES string of the molecule is NC(=O)COCCNc1nccn(C2CC2)c1=O. The van der Waals surface area contributed by atoms with Gasteiger partial charge in [-0.25, -0.2) is 4.98 Å².